The number of nitrogens with two attached hydrogens (primary N) is 1. The molecule has 2 fully saturated rings. The summed E-state index contributed by atoms with van der Waals surface area (Å²) in [5.74, 6) is 1.62. The van der Waals surface area contributed by atoms with Crippen molar-refractivity contribution in [2.75, 3.05) is 12.3 Å². The third-order valence-electron chi connectivity index (χ3n) is 8.78. The number of nitrogens with zero attached hydrogens (tertiary/aromatic N) is 4. The molecule has 0 atom stereocenters. The van der Waals surface area contributed by atoms with Crippen molar-refractivity contribution in [3.8, 4) is 0 Å². The van der Waals surface area contributed by atoms with Crippen LogP contribution in [0.4, 0.5) is 5.82 Å². The fourth-order valence-corrected chi connectivity index (χ4v) is 6.74. The van der Waals surface area contributed by atoms with Gasteiger partial charge >= 0.3 is 0 Å². The van der Waals surface area contributed by atoms with Crippen molar-refractivity contribution in [2.45, 2.75) is 84.3 Å². The van der Waals surface area contributed by atoms with Crippen LogP contribution in [0.15, 0.2) is 48.5 Å². The number of pyridine rings is 1. The average Bonchev–Trinajstić information content (AvgIpc) is 3.34. The van der Waals surface area contributed by atoms with Crippen molar-refractivity contribution in [2.24, 2.45) is 5.41 Å². The van der Waals surface area contributed by atoms with Gasteiger partial charge in [-0.05, 0) is 62.1 Å². The quantitative estimate of drug-likeness (QED) is 0.319. The lowest BCUT2D eigenvalue weighted by atomic mass is 9.66. The maximum atomic E-state index is 6.39. The number of unbranched alkanes of at least 4 members (excludes halogenated alkanes) is 1. The Morgan fingerprint density at radius 1 is 0.944 bits per heavy atom. The number of likely N-dealkylation sites (tertiary alicyclic amines) is 1. The van der Waals surface area contributed by atoms with Crippen molar-refractivity contribution in [3.05, 3.63) is 65.5 Å². The van der Waals surface area contributed by atoms with Gasteiger partial charge in [0.25, 0.3) is 0 Å². The first-order chi connectivity index (χ1) is 17.4. The van der Waals surface area contributed by atoms with E-state index in [1.165, 1.54) is 43.4 Å². The molecule has 2 aliphatic rings. The second kappa shape index (κ2) is 8.88. The zero-order valence-electron chi connectivity index (χ0n) is 22.1. The molecule has 2 aromatic carbocycles. The smallest absolute Gasteiger partial charge is 0.152 e. The van der Waals surface area contributed by atoms with E-state index in [4.69, 9.17) is 10.7 Å². The highest BCUT2D eigenvalue weighted by Gasteiger charge is 2.50. The summed E-state index contributed by atoms with van der Waals surface area (Å²) in [6.45, 7) is 10.2. The molecule has 0 amide bonds. The predicted molar refractivity (Wildman–Crippen MR) is 149 cm³/mol. The Morgan fingerprint density at radius 2 is 1.67 bits per heavy atom. The van der Waals surface area contributed by atoms with Crippen LogP contribution < -0.4 is 5.73 Å². The van der Waals surface area contributed by atoms with Crippen LogP contribution in [0.2, 0.25) is 0 Å². The van der Waals surface area contributed by atoms with Gasteiger partial charge < -0.3 is 10.3 Å². The normalized spacial score (nSPS) is 18.9. The van der Waals surface area contributed by atoms with Crippen LogP contribution >= 0.6 is 0 Å². The van der Waals surface area contributed by atoms with Gasteiger partial charge in [-0.1, -0.05) is 62.2 Å². The first-order valence-electron chi connectivity index (χ1n) is 13.7. The third-order valence-corrected chi connectivity index (χ3v) is 8.78. The second-order valence-corrected chi connectivity index (χ2v) is 11.9. The lowest BCUT2D eigenvalue weighted by molar-refractivity contribution is 0.134. The summed E-state index contributed by atoms with van der Waals surface area (Å²) >= 11 is 0. The third kappa shape index (κ3) is 4.07. The van der Waals surface area contributed by atoms with Crippen LogP contribution in [0.1, 0.15) is 76.2 Å². The van der Waals surface area contributed by atoms with Crippen LogP contribution in [-0.4, -0.2) is 31.5 Å². The minimum atomic E-state index is 0.290. The van der Waals surface area contributed by atoms with Crippen molar-refractivity contribution in [1.29, 1.82) is 0 Å². The molecule has 0 unspecified atom stereocenters. The molecule has 2 aromatic heterocycles. The van der Waals surface area contributed by atoms with Gasteiger partial charge in [-0.25, -0.2) is 9.97 Å². The number of aryl methyl sites for hydroxylation is 1. The maximum Gasteiger partial charge on any atom is 0.152 e. The van der Waals surface area contributed by atoms with Crippen LogP contribution in [0.25, 0.3) is 21.9 Å². The van der Waals surface area contributed by atoms with Crippen LogP contribution in [-0.2, 0) is 19.5 Å². The van der Waals surface area contributed by atoms with E-state index in [0.717, 1.165) is 60.1 Å². The van der Waals surface area contributed by atoms with Gasteiger partial charge in [0.15, 0.2) is 5.82 Å². The second-order valence-electron chi connectivity index (χ2n) is 11.9. The van der Waals surface area contributed by atoms with E-state index in [2.05, 4.69) is 71.6 Å². The van der Waals surface area contributed by atoms with Gasteiger partial charge in [0.05, 0.1) is 11.0 Å². The zero-order valence-corrected chi connectivity index (χ0v) is 22.1. The summed E-state index contributed by atoms with van der Waals surface area (Å²) < 4.78 is 2.38. The first-order valence-corrected chi connectivity index (χ1v) is 13.7. The van der Waals surface area contributed by atoms with E-state index >= 15 is 0 Å². The molecule has 1 saturated heterocycles. The van der Waals surface area contributed by atoms with Gasteiger partial charge in [-0.15, -0.1) is 0 Å². The van der Waals surface area contributed by atoms with Crippen molar-refractivity contribution >= 4 is 27.8 Å². The monoisotopic (exact) mass is 481 g/mol. The Bertz CT molecular complexity index is 1390. The van der Waals surface area contributed by atoms with Crippen LogP contribution in [0.5, 0.6) is 0 Å². The highest BCUT2D eigenvalue weighted by molar-refractivity contribution is 6.06. The van der Waals surface area contributed by atoms with E-state index < -0.39 is 0 Å². The van der Waals surface area contributed by atoms with Crippen molar-refractivity contribution < 1.29 is 0 Å². The van der Waals surface area contributed by atoms with Crippen molar-refractivity contribution in [1.82, 2.24) is 19.4 Å². The molecule has 5 nitrogen and oxygen atoms in total. The number of hydrogen-bond acceptors (Lipinski definition) is 4. The molecule has 188 valence electrons. The molecule has 6 rings (SSSR count). The number of anilines is 1. The van der Waals surface area contributed by atoms with Crippen LogP contribution in [0, 0.1) is 5.41 Å². The fourth-order valence-electron chi connectivity index (χ4n) is 6.74. The number of benzene rings is 2. The summed E-state index contributed by atoms with van der Waals surface area (Å²) in [6, 6.07) is 17.5. The standard InChI is InChI=1S/C31H39N5/c1-4-5-11-26-34-27-28(24-9-6-7-10-25(24)33-29(27)32)36(26)19-23-14-12-22(13-15-23)18-35-21-31(16-8-17-31)20-30(35,2)3/h6-7,9-10,12-15H,4-5,8,11,16-21H2,1-3H3,(H2,32,33). The Morgan fingerprint density at radius 3 is 2.33 bits per heavy atom. The minimum absolute atomic E-state index is 0.290. The van der Waals surface area contributed by atoms with Gasteiger partial charge in [0, 0.05) is 37.0 Å². The zero-order chi connectivity index (χ0) is 24.9. The van der Waals surface area contributed by atoms with E-state index in [0.29, 0.717) is 11.2 Å². The summed E-state index contributed by atoms with van der Waals surface area (Å²) in [4.78, 5) is 12.3. The van der Waals surface area contributed by atoms with Gasteiger partial charge in [0.1, 0.15) is 11.3 Å². The topological polar surface area (TPSA) is 60.0 Å². The molecule has 36 heavy (non-hydrogen) atoms. The van der Waals surface area contributed by atoms with E-state index in [-0.39, 0.29) is 5.54 Å². The fraction of sp³-hybridized carbons (Fsp3) is 0.484. The lowest BCUT2D eigenvalue weighted by Gasteiger charge is -2.38. The molecule has 0 radical (unpaired) electrons. The number of fused-ring (bicyclic) bond motifs is 3. The predicted octanol–water partition coefficient (Wildman–Crippen LogP) is 6.71. The van der Waals surface area contributed by atoms with Crippen LogP contribution in [0.3, 0.4) is 0 Å². The number of imidazole rings is 1. The Kier molecular flexibility index (Phi) is 5.79. The highest BCUT2D eigenvalue weighted by Crippen LogP contribution is 2.54. The summed E-state index contributed by atoms with van der Waals surface area (Å²) in [5.41, 5.74) is 12.8. The maximum absolute atomic E-state index is 6.39. The molecule has 3 heterocycles. The van der Waals surface area contributed by atoms with E-state index in [1.807, 2.05) is 12.1 Å². The SMILES string of the molecule is CCCCc1nc2c(N)nc3ccccc3c2n1Cc1ccc(CN2CC3(CCC3)CC2(C)C)cc1. The number of rotatable bonds is 7. The highest BCUT2D eigenvalue weighted by atomic mass is 15.2. The molecule has 2 N–H and O–H groups in total. The average molecular weight is 482 g/mol. The number of nitrogen functional groups attached to an aromatic ring is 1. The number of hydrogen-bond donors (Lipinski definition) is 1. The summed E-state index contributed by atoms with van der Waals surface area (Å²) in [5, 5.41) is 1.12. The van der Waals surface area contributed by atoms with Gasteiger partial charge in [-0.3, -0.25) is 4.90 Å². The molecule has 5 heteroatoms. The molecule has 1 spiro atoms. The number of aromatic nitrogens is 3. The van der Waals surface area contributed by atoms with E-state index in [9.17, 15) is 0 Å². The lowest BCUT2D eigenvalue weighted by Crippen LogP contribution is -2.37. The van der Waals surface area contributed by atoms with E-state index in [1.54, 1.807) is 0 Å². The summed E-state index contributed by atoms with van der Waals surface area (Å²) in [7, 11) is 0. The molecular weight excluding hydrogens is 442 g/mol. The molecule has 1 aliphatic heterocycles. The van der Waals surface area contributed by atoms with Gasteiger partial charge in [0.2, 0.25) is 0 Å². The largest absolute Gasteiger partial charge is 0.382 e. The minimum Gasteiger partial charge on any atom is -0.382 e. The van der Waals surface area contributed by atoms with Gasteiger partial charge in [-0.2, -0.15) is 0 Å². The molecule has 0 bridgehead atoms. The molecule has 1 aliphatic carbocycles. The van der Waals surface area contributed by atoms with Crippen molar-refractivity contribution in [3.63, 3.8) is 0 Å². The Hall–Kier alpha value is -2.92. The molecular formula is C31H39N5. The Balaban J connectivity index is 1.30. The molecule has 4 aromatic rings. The number of para-hydroxylation sites is 1. The first kappa shape index (κ1) is 23.5. The Labute approximate surface area is 214 Å². The molecule has 1 saturated carbocycles. The summed E-state index contributed by atoms with van der Waals surface area (Å²) in [6.07, 6.45) is 8.79.